The van der Waals surface area contributed by atoms with Crippen molar-refractivity contribution in [3.63, 3.8) is 0 Å². The average Bonchev–Trinajstić information content (AvgIpc) is 2.04. The summed E-state index contributed by atoms with van der Waals surface area (Å²) in [6, 6.07) is 0. The van der Waals surface area contributed by atoms with Gasteiger partial charge in [0.2, 0.25) is 0 Å². The van der Waals surface area contributed by atoms with E-state index < -0.39 is 32.7 Å². The Bertz CT molecular complexity index is 214. The van der Waals surface area contributed by atoms with Crippen molar-refractivity contribution in [1.82, 2.24) is 0 Å². The van der Waals surface area contributed by atoms with Crippen LogP contribution in [-0.2, 0) is 22.2 Å². The lowest BCUT2D eigenvalue weighted by Gasteiger charge is -2.21. The van der Waals surface area contributed by atoms with Gasteiger partial charge in [-0.15, -0.1) is 0 Å². The van der Waals surface area contributed by atoms with Gasteiger partial charge in [-0.2, -0.15) is 0 Å². The molecule has 1 aliphatic rings. The number of hydrogen-bond acceptors (Lipinski definition) is 2. The maximum Gasteiger partial charge on any atom is 0.157 e. The Hall–Kier alpha value is -0.0400. The summed E-state index contributed by atoms with van der Waals surface area (Å²) in [6.07, 6.45) is 4.34. The van der Waals surface area contributed by atoms with Gasteiger partial charge in [-0.25, -0.2) is 8.42 Å². The summed E-state index contributed by atoms with van der Waals surface area (Å²) in [5.74, 6) is 0. The Balaban J connectivity index is 2.76. The molecule has 0 aliphatic heterocycles. The fourth-order valence-corrected chi connectivity index (χ4v) is 3.05. The summed E-state index contributed by atoms with van der Waals surface area (Å²) in [7, 11) is 0. The molecule has 2 N–H and O–H groups in total. The smallest absolute Gasteiger partial charge is 0.157 e. The zero-order valence-electron chi connectivity index (χ0n) is 6.25. The van der Waals surface area contributed by atoms with E-state index in [-0.39, 0.29) is 0 Å². The zero-order valence-corrected chi connectivity index (χ0v) is 7.88. The molecule has 1 aliphatic carbocycles. The second kappa shape index (κ2) is 4.27. The van der Waals surface area contributed by atoms with Gasteiger partial charge in [0.25, 0.3) is 0 Å². The standard InChI is InChI=1S/C6H10O4S2/c7-11(8)5-3-1-2-4-6(5)12(9)10/h1-2,5-6H,3-4H2,(H,7,8)(H,9,10). The molecular weight excluding hydrogens is 200 g/mol. The van der Waals surface area contributed by atoms with Crippen LogP contribution in [-0.4, -0.2) is 28.0 Å². The Morgan fingerprint density at radius 3 is 1.58 bits per heavy atom. The third-order valence-corrected chi connectivity index (χ3v) is 4.09. The molecule has 1 rings (SSSR count). The highest BCUT2D eigenvalue weighted by atomic mass is 32.2. The summed E-state index contributed by atoms with van der Waals surface area (Å²) in [4.78, 5) is 0. The molecular formula is C6H10O4S2. The number of rotatable bonds is 2. The first-order valence-corrected chi connectivity index (χ1v) is 5.81. The summed E-state index contributed by atoms with van der Waals surface area (Å²) < 4.78 is 39.0. The summed E-state index contributed by atoms with van der Waals surface area (Å²) >= 11 is -4.01. The van der Waals surface area contributed by atoms with Crippen molar-refractivity contribution in [3.8, 4) is 0 Å². The Morgan fingerprint density at radius 2 is 1.33 bits per heavy atom. The van der Waals surface area contributed by atoms with Crippen molar-refractivity contribution in [2.45, 2.75) is 23.3 Å². The molecule has 0 radical (unpaired) electrons. The van der Waals surface area contributed by atoms with Crippen LogP contribution in [0.3, 0.4) is 0 Å². The Labute approximate surface area is 75.6 Å². The first-order valence-electron chi connectivity index (χ1n) is 3.47. The monoisotopic (exact) mass is 210 g/mol. The highest BCUT2D eigenvalue weighted by Gasteiger charge is 2.31. The van der Waals surface area contributed by atoms with Crippen LogP contribution < -0.4 is 0 Å². The molecule has 0 fully saturated rings. The van der Waals surface area contributed by atoms with E-state index in [0.717, 1.165) is 0 Å². The first-order chi connectivity index (χ1) is 5.63. The predicted molar refractivity (Wildman–Crippen MR) is 47.5 cm³/mol. The minimum Gasteiger partial charge on any atom is -0.306 e. The molecule has 0 aromatic heterocycles. The molecule has 0 aromatic rings. The minimum atomic E-state index is -2.01. The maximum absolute atomic E-state index is 10.7. The van der Waals surface area contributed by atoms with E-state index in [0.29, 0.717) is 12.8 Å². The summed E-state index contributed by atoms with van der Waals surface area (Å²) in [5, 5.41) is -1.19. The van der Waals surface area contributed by atoms with Gasteiger partial charge in [0.15, 0.2) is 22.2 Å². The second-order valence-corrected chi connectivity index (χ2v) is 4.89. The molecule has 0 bridgehead atoms. The minimum absolute atomic E-state index is 0.403. The summed E-state index contributed by atoms with van der Waals surface area (Å²) in [5.41, 5.74) is 0. The molecule has 70 valence electrons. The van der Waals surface area contributed by atoms with Crippen LogP contribution in [0, 0.1) is 0 Å². The van der Waals surface area contributed by atoms with Gasteiger partial charge in [0, 0.05) is 0 Å². The lowest BCUT2D eigenvalue weighted by atomic mass is 10.1. The number of hydrogen-bond donors (Lipinski definition) is 2. The zero-order chi connectivity index (χ0) is 9.14. The van der Waals surface area contributed by atoms with Gasteiger partial charge in [-0.3, -0.25) is 0 Å². The fourth-order valence-electron chi connectivity index (χ4n) is 1.19. The van der Waals surface area contributed by atoms with E-state index in [9.17, 15) is 8.42 Å². The Kier molecular flexibility index (Phi) is 3.57. The molecule has 12 heavy (non-hydrogen) atoms. The molecule has 0 heterocycles. The lowest BCUT2D eigenvalue weighted by molar-refractivity contribution is 0.513. The van der Waals surface area contributed by atoms with Crippen LogP contribution in [0.2, 0.25) is 0 Å². The maximum atomic E-state index is 10.7. The fraction of sp³-hybridized carbons (Fsp3) is 0.667. The normalized spacial score (nSPS) is 34.5. The molecule has 4 unspecified atom stereocenters. The van der Waals surface area contributed by atoms with Crippen LogP contribution in [0.1, 0.15) is 12.8 Å². The van der Waals surface area contributed by atoms with E-state index in [1.54, 1.807) is 12.2 Å². The average molecular weight is 210 g/mol. The highest BCUT2D eigenvalue weighted by Crippen LogP contribution is 2.20. The summed E-state index contributed by atoms with van der Waals surface area (Å²) in [6.45, 7) is 0. The van der Waals surface area contributed by atoms with Gasteiger partial charge >= 0.3 is 0 Å². The molecule has 0 amide bonds. The van der Waals surface area contributed by atoms with Crippen molar-refractivity contribution < 1.29 is 17.5 Å². The Morgan fingerprint density at radius 1 is 1.00 bits per heavy atom. The SMILES string of the molecule is O=S(O)C1CC=CCC1S(=O)O. The highest BCUT2D eigenvalue weighted by molar-refractivity contribution is 7.84. The molecule has 0 spiro atoms. The van der Waals surface area contributed by atoms with Crippen LogP contribution in [0.4, 0.5) is 0 Å². The van der Waals surface area contributed by atoms with E-state index in [4.69, 9.17) is 9.11 Å². The van der Waals surface area contributed by atoms with Crippen molar-refractivity contribution in [1.29, 1.82) is 0 Å². The van der Waals surface area contributed by atoms with Gasteiger partial charge < -0.3 is 9.11 Å². The molecule has 0 aromatic carbocycles. The molecule has 0 saturated heterocycles. The first kappa shape index (κ1) is 10.0. The molecule has 4 nitrogen and oxygen atoms in total. The third kappa shape index (κ3) is 2.22. The van der Waals surface area contributed by atoms with Gasteiger partial charge in [0.1, 0.15) is 0 Å². The van der Waals surface area contributed by atoms with Crippen LogP contribution >= 0.6 is 0 Å². The topological polar surface area (TPSA) is 74.6 Å². The van der Waals surface area contributed by atoms with Crippen molar-refractivity contribution in [3.05, 3.63) is 12.2 Å². The molecule has 4 atom stereocenters. The van der Waals surface area contributed by atoms with Crippen LogP contribution in [0.25, 0.3) is 0 Å². The van der Waals surface area contributed by atoms with E-state index in [2.05, 4.69) is 0 Å². The van der Waals surface area contributed by atoms with Crippen molar-refractivity contribution >= 4 is 22.2 Å². The van der Waals surface area contributed by atoms with Gasteiger partial charge in [0.05, 0.1) is 10.5 Å². The van der Waals surface area contributed by atoms with Crippen LogP contribution in [0.5, 0.6) is 0 Å². The molecule has 6 heteroatoms. The van der Waals surface area contributed by atoms with Crippen molar-refractivity contribution in [2.75, 3.05) is 0 Å². The second-order valence-electron chi connectivity index (χ2n) is 2.57. The van der Waals surface area contributed by atoms with Gasteiger partial charge in [-0.1, -0.05) is 12.2 Å². The largest absolute Gasteiger partial charge is 0.306 e. The molecule has 0 saturated carbocycles. The van der Waals surface area contributed by atoms with Crippen LogP contribution in [0.15, 0.2) is 12.2 Å². The quantitative estimate of drug-likeness (QED) is 0.514. The van der Waals surface area contributed by atoms with Crippen molar-refractivity contribution in [2.24, 2.45) is 0 Å². The van der Waals surface area contributed by atoms with E-state index in [1.807, 2.05) is 0 Å². The third-order valence-electron chi connectivity index (χ3n) is 1.84. The van der Waals surface area contributed by atoms with E-state index in [1.165, 1.54) is 0 Å². The predicted octanol–water partition coefficient (Wildman–Crippen LogP) is 0.517. The lowest BCUT2D eigenvalue weighted by Crippen LogP contribution is -2.34. The van der Waals surface area contributed by atoms with E-state index >= 15 is 0 Å². The number of allylic oxidation sites excluding steroid dienone is 2. The van der Waals surface area contributed by atoms with Gasteiger partial charge in [-0.05, 0) is 12.8 Å².